The molecule has 0 aliphatic heterocycles. The average Bonchev–Trinajstić information content (AvgIpc) is 2.61. The molecule has 0 radical (unpaired) electrons. The van der Waals surface area contributed by atoms with Gasteiger partial charge in [0, 0.05) is 5.39 Å². The van der Waals surface area contributed by atoms with Crippen LogP contribution in [0.25, 0.3) is 22.1 Å². The lowest BCUT2D eigenvalue weighted by Gasteiger charge is -2.08. The Morgan fingerprint density at radius 2 is 1.84 bits per heavy atom. The smallest absolute Gasteiger partial charge is 0.344 e. The molecule has 0 saturated carbocycles. The number of hydrogen-bond acceptors (Lipinski definition) is 4. The number of alkyl halides is 1. The summed E-state index contributed by atoms with van der Waals surface area (Å²) in [6, 6.07) is 12.3. The minimum absolute atomic E-state index is 0.0273. The van der Waals surface area contributed by atoms with Crippen LogP contribution < -0.4 is 15.1 Å². The van der Waals surface area contributed by atoms with Gasteiger partial charge < -0.3 is 13.9 Å². The van der Waals surface area contributed by atoms with Crippen molar-refractivity contribution < 1.29 is 18.3 Å². The van der Waals surface area contributed by atoms with Gasteiger partial charge in [-0.1, -0.05) is 12.1 Å². The monoisotopic (exact) mass is 406 g/mol. The Hall–Kier alpha value is -2.34. The van der Waals surface area contributed by atoms with Gasteiger partial charge in [-0.2, -0.15) is 0 Å². The highest BCUT2D eigenvalue weighted by Gasteiger charge is 2.12. The third-order valence-corrected chi connectivity index (χ3v) is 4.17. The van der Waals surface area contributed by atoms with Crippen LogP contribution in [0.2, 0.25) is 0 Å². The fourth-order valence-electron chi connectivity index (χ4n) is 2.50. The molecule has 0 atom stereocenters. The van der Waals surface area contributed by atoms with Crippen molar-refractivity contribution in [2.24, 2.45) is 0 Å². The summed E-state index contributed by atoms with van der Waals surface area (Å²) in [4.78, 5) is 12.4. The van der Waals surface area contributed by atoms with Crippen LogP contribution in [0.3, 0.4) is 0 Å². The van der Waals surface area contributed by atoms with Gasteiger partial charge in [-0.25, -0.2) is 9.18 Å². The van der Waals surface area contributed by atoms with Crippen molar-refractivity contribution in [1.29, 1.82) is 0 Å². The maximum atomic E-state index is 12.4. The van der Waals surface area contributed by atoms with E-state index in [2.05, 4.69) is 15.9 Å². The van der Waals surface area contributed by atoms with Crippen LogP contribution in [0, 0.1) is 0 Å². The van der Waals surface area contributed by atoms with E-state index in [1.165, 1.54) is 0 Å². The van der Waals surface area contributed by atoms with Crippen LogP contribution in [-0.4, -0.2) is 19.9 Å². The van der Waals surface area contributed by atoms with Gasteiger partial charge in [0.2, 0.25) is 0 Å². The number of halogens is 2. The maximum Gasteiger partial charge on any atom is 0.344 e. The minimum Gasteiger partial charge on any atom is -0.494 e. The molecule has 0 fully saturated rings. The highest BCUT2D eigenvalue weighted by molar-refractivity contribution is 9.10. The molecule has 0 N–H and O–H groups in total. The Morgan fingerprint density at radius 3 is 2.52 bits per heavy atom. The summed E-state index contributed by atoms with van der Waals surface area (Å²) >= 11 is 3.36. The molecule has 3 aromatic rings. The molecular weight excluding hydrogens is 391 g/mol. The van der Waals surface area contributed by atoms with Gasteiger partial charge in [0.25, 0.3) is 0 Å². The minimum atomic E-state index is -0.572. The van der Waals surface area contributed by atoms with Crippen molar-refractivity contribution >= 4 is 26.9 Å². The summed E-state index contributed by atoms with van der Waals surface area (Å²) in [5, 5.41) is 0.687. The van der Waals surface area contributed by atoms with E-state index >= 15 is 0 Å². The summed E-state index contributed by atoms with van der Waals surface area (Å²) < 4.78 is 29.1. The standard InChI is InChI=1S/C19H16BrFO4/c1-2-23-14-5-3-12(4-6-14)16-10-13-9-15(24-8-7-21)11-17(20)18(13)25-19(16)22/h3-6,9-11H,2,7-8H2,1H3. The first kappa shape index (κ1) is 17.5. The first-order valence-electron chi connectivity index (χ1n) is 7.81. The molecule has 1 heterocycles. The fraction of sp³-hybridized carbons (Fsp3) is 0.211. The van der Waals surface area contributed by atoms with E-state index in [1.807, 2.05) is 19.1 Å². The second-order valence-electron chi connectivity index (χ2n) is 5.27. The third kappa shape index (κ3) is 3.85. The third-order valence-electron chi connectivity index (χ3n) is 3.58. The van der Waals surface area contributed by atoms with Gasteiger partial charge in [0.05, 0.1) is 16.6 Å². The molecule has 0 aliphatic rings. The summed E-state index contributed by atoms with van der Waals surface area (Å²) in [6.45, 7) is 1.89. The number of rotatable bonds is 6. The molecule has 3 rings (SSSR count). The number of hydrogen-bond donors (Lipinski definition) is 0. The molecule has 130 valence electrons. The summed E-state index contributed by atoms with van der Waals surface area (Å²) in [5.74, 6) is 1.24. The molecule has 0 bridgehead atoms. The van der Waals surface area contributed by atoms with E-state index in [0.717, 1.165) is 11.3 Å². The Labute approximate surface area is 152 Å². The SMILES string of the molecule is CCOc1ccc(-c2cc3cc(OCCF)cc(Br)c3oc2=O)cc1. The van der Waals surface area contributed by atoms with Gasteiger partial charge in [-0.15, -0.1) is 0 Å². The maximum absolute atomic E-state index is 12.4. The highest BCUT2D eigenvalue weighted by Crippen LogP contribution is 2.31. The van der Waals surface area contributed by atoms with Crippen LogP contribution in [-0.2, 0) is 0 Å². The summed E-state index contributed by atoms with van der Waals surface area (Å²) in [7, 11) is 0. The Morgan fingerprint density at radius 1 is 1.08 bits per heavy atom. The second kappa shape index (κ2) is 7.70. The number of ether oxygens (including phenoxy) is 2. The van der Waals surface area contributed by atoms with E-state index < -0.39 is 12.3 Å². The largest absolute Gasteiger partial charge is 0.494 e. The molecule has 2 aromatic carbocycles. The summed E-state index contributed by atoms with van der Waals surface area (Å²) in [5.41, 5.74) is 1.15. The Balaban J connectivity index is 2.06. The molecule has 0 aliphatic carbocycles. The molecule has 0 saturated heterocycles. The number of benzene rings is 2. The van der Waals surface area contributed by atoms with Crippen molar-refractivity contribution in [2.75, 3.05) is 19.9 Å². The van der Waals surface area contributed by atoms with E-state index in [-0.39, 0.29) is 6.61 Å². The van der Waals surface area contributed by atoms with E-state index in [1.54, 1.807) is 30.3 Å². The van der Waals surface area contributed by atoms with Crippen LogP contribution >= 0.6 is 15.9 Å². The van der Waals surface area contributed by atoms with Crippen molar-refractivity contribution in [2.45, 2.75) is 6.92 Å². The predicted octanol–water partition coefficient (Wildman–Crippen LogP) is 4.97. The quantitative estimate of drug-likeness (QED) is 0.542. The fourth-order valence-corrected chi connectivity index (χ4v) is 3.04. The van der Waals surface area contributed by atoms with Crippen molar-refractivity contribution in [3.05, 3.63) is 57.4 Å². The zero-order valence-corrected chi connectivity index (χ0v) is 15.1. The van der Waals surface area contributed by atoms with E-state index in [9.17, 15) is 9.18 Å². The van der Waals surface area contributed by atoms with Gasteiger partial charge in [-0.3, -0.25) is 0 Å². The highest BCUT2D eigenvalue weighted by atomic mass is 79.9. The van der Waals surface area contributed by atoms with Crippen LogP contribution in [0.1, 0.15) is 6.92 Å². The first-order chi connectivity index (χ1) is 12.1. The molecule has 6 heteroatoms. The van der Waals surface area contributed by atoms with Gasteiger partial charge in [0.15, 0.2) is 5.58 Å². The van der Waals surface area contributed by atoms with Crippen LogP contribution in [0.4, 0.5) is 4.39 Å². The van der Waals surface area contributed by atoms with Gasteiger partial charge >= 0.3 is 5.63 Å². The summed E-state index contributed by atoms with van der Waals surface area (Å²) in [6.07, 6.45) is 0. The Kier molecular flexibility index (Phi) is 5.38. The molecule has 0 amide bonds. The first-order valence-corrected chi connectivity index (χ1v) is 8.61. The van der Waals surface area contributed by atoms with E-state index in [0.29, 0.717) is 33.4 Å². The molecule has 25 heavy (non-hydrogen) atoms. The van der Waals surface area contributed by atoms with Gasteiger partial charge in [0.1, 0.15) is 24.8 Å². The lowest BCUT2D eigenvalue weighted by Crippen LogP contribution is -2.04. The van der Waals surface area contributed by atoms with Crippen LogP contribution in [0.15, 0.2) is 56.1 Å². The molecule has 0 spiro atoms. The average molecular weight is 407 g/mol. The second-order valence-corrected chi connectivity index (χ2v) is 6.12. The molecule has 0 unspecified atom stereocenters. The van der Waals surface area contributed by atoms with Crippen molar-refractivity contribution in [1.82, 2.24) is 0 Å². The van der Waals surface area contributed by atoms with Crippen molar-refractivity contribution in [3.63, 3.8) is 0 Å². The topological polar surface area (TPSA) is 48.7 Å². The normalized spacial score (nSPS) is 10.8. The predicted molar refractivity (Wildman–Crippen MR) is 98.3 cm³/mol. The molecule has 1 aromatic heterocycles. The van der Waals surface area contributed by atoms with Gasteiger partial charge in [-0.05, 0) is 58.7 Å². The zero-order chi connectivity index (χ0) is 17.8. The lowest BCUT2D eigenvalue weighted by atomic mass is 10.1. The Bertz CT molecular complexity index is 935. The number of fused-ring (bicyclic) bond motifs is 1. The van der Waals surface area contributed by atoms with Crippen LogP contribution in [0.5, 0.6) is 11.5 Å². The van der Waals surface area contributed by atoms with Crippen molar-refractivity contribution in [3.8, 4) is 22.6 Å². The zero-order valence-electron chi connectivity index (χ0n) is 13.6. The lowest BCUT2D eigenvalue weighted by molar-refractivity contribution is 0.273. The van der Waals surface area contributed by atoms with E-state index in [4.69, 9.17) is 13.9 Å². The molecular formula is C19H16BrFO4. The molecule has 4 nitrogen and oxygen atoms in total.